The molecule has 33 heavy (non-hydrogen) atoms. The Balaban J connectivity index is 2.08. The van der Waals surface area contributed by atoms with Crippen molar-refractivity contribution in [2.75, 3.05) is 7.11 Å². The minimum Gasteiger partial charge on any atom is -0.508 e. The van der Waals surface area contributed by atoms with Crippen LogP contribution < -0.4 is 5.43 Å². The van der Waals surface area contributed by atoms with Crippen molar-refractivity contribution in [3.8, 4) is 34.3 Å². The van der Waals surface area contributed by atoms with Crippen molar-refractivity contribution in [2.45, 2.75) is 12.3 Å². The van der Waals surface area contributed by atoms with Gasteiger partial charge in [-0.2, -0.15) is 0 Å². The van der Waals surface area contributed by atoms with E-state index in [1.54, 1.807) is 30.3 Å². The second kappa shape index (κ2) is 8.58. The molecule has 4 N–H and O–H groups in total. The van der Waals surface area contributed by atoms with Crippen LogP contribution in [0.15, 0.2) is 69.9 Å². The van der Waals surface area contributed by atoms with E-state index in [2.05, 4.69) is 0 Å². The number of carbonyl (C=O) groups excluding carboxylic acids is 1. The number of hydrogen-bond donors (Lipinski definition) is 4. The number of benzene rings is 3. The number of ether oxygens (including phenoxy) is 1. The average Bonchev–Trinajstić information content (AvgIpc) is 2.82. The maximum absolute atomic E-state index is 13.0. The first kappa shape index (κ1) is 21.8. The zero-order chi connectivity index (χ0) is 23.7. The molecule has 0 spiro atoms. The molecule has 0 saturated heterocycles. The van der Waals surface area contributed by atoms with Gasteiger partial charge >= 0.3 is 5.97 Å². The Morgan fingerprint density at radius 2 is 1.61 bits per heavy atom. The zero-order valence-corrected chi connectivity index (χ0v) is 17.5. The summed E-state index contributed by atoms with van der Waals surface area (Å²) in [5.41, 5.74) is 0.130. The van der Waals surface area contributed by atoms with Gasteiger partial charge in [0.15, 0.2) is 16.9 Å². The summed E-state index contributed by atoms with van der Waals surface area (Å²) in [5.74, 6) is -3.91. The largest absolute Gasteiger partial charge is 0.508 e. The summed E-state index contributed by atoms with van der Waals surface area (Å²) in [6, 6.07) is 15.7. The Bertz CT molecular complexity index is 1390. The molecule has 8 nitrogen and oxygen atoms in total. The van der Waals surface area contributed by atoms with E-state index in [0.29, 0.717) is 11.1 Å². The maximum Gasteiger partial charge on any atom is 0.306 e. The van der Waals surface area contributed by atoms with Crippen LogP contribution in [0, 0.1) is 0 Å². The van der Waals surface area contributed by atoms with Crippen LogP contribution in [-0.2, 0) is 9.53 Å². The first-order valence-corrected chi connectivity index (χ1v) is 9.97. The summed E-state index contributed by atoms with van der Waals surface area (Å²) >= 11 is 0. The number of fused-ring (bicyclic) bond motifs is 1. The quantitative estimate of drug-likeness (QED) is 0.266. The second-order valence-electron chi connectivity index (χ2n) is 7.43. The summed E-state index contributed by atoms with van der Waals surface area (Å²) in [6.45, 7) is 0. The van der Waals surface area contributed by atoms with Gasteiger partial charge in [-0.15, -0.1) is 0 Å². The van der Waals surface area contributed by atoms with Gasteiger partial charge in [-0.25, -0.2) is 0 Å². The van der Waals surface area contributed by atoms with Crippen LogP contribution in [0.3, 0.4) is 0 Å². The molecule has 0 aliphatic rings. The van der Waals surface area contributed by atoms with Crippen LogP contribution in [0.4, 0.5) is 0 Å². The normalized spacial score (nSPS) is 11.9. The van der Waals surface area contributed by atoms with Crippen LogP contribution in [0.1, 0.15) is 23.5 Å². The minimum absolute atomic E-state index is 0.0175. The molecule has 0 radical (unpaired) electrons. The number of methoxy groups -OCH3 is 1. The highest BCUT2D eigenvalue weighted by molar-refractivity contribution is 5.93. The van der Waals surface area contributed by atoms with E-state index in [1.165, 1.54) is 37.4 Å². The van der Waals surface area contributed by atoms with E-state index in [0.717, 1.165) is 0 Å². The molecule has 0 amide bonds. The highest BCUT2D eigenvalue weighted by Crippen LogP contribution is 2.49. The molecule has 4 aromatic rings. The summed E-state index contributed by atoms with van der Waals surface area (Å²) in [4.78, 5) is 25.2. The van der Waals surface area contributed by atoms with Gasteiger partial charge in [0.2, 0.25) is 5.75 Å². The third kappa shape index (κ3) is 3.94. The van der Waals surface area contributed by atoms with Crippen LogP contribution in [0.5, 0.6) is 23.0 Å². The lowest BCUT2D eigenvalue weighted by Gasteiger charge is -2.21. The molecule has 168 valence electrons. The van der Waals surface area contributed by atoms with Crippen LogP contribution >= 0.6 is 0 Å². The Morgan fingerprint density at radius 3 is 2.24 bits per heavy atom. The molecule has 1 unspecified atom stereocenters. The zero-order valence-electron chi connectivity index (χ0n) is 17.5. The van der Waals surface area contributed by atoms with Crippen LogP contribution in [0.25, 0.3) is 22.3 Å². The van der Waals surface area contributed by atoms with Crippen LogP contribution in [-0.4, -0.2) is 33.5 Å². The average molecular weight is 448 g/mol. The Kier molecular flexibility index (Phi) is 5.66. The van der Waals surface area contributed by atoms with E-state index in [1.807, 2.05) is 0 Å². The number of hydrogen-bond acceptors (Lipinski definition) is 8. The van der Waals surface area contributed by atoms with E-state index >= 15 is 0 Å². The third-order valence-corrected chi connectivity index (χ3v) is 5.43. The Labute approximate surface area is 187 Å². The number of phenols is 4. The number of esters is 1. The van der Waals surface area contributed by atoms with Crippen molar-refractivity contribution in [1.29, 1.82) is 0 Å². The summed E-state index contributed by atoms with van der Waals surface area (Å²) in [7, 11) is 1.20. The summed E-state index contributed by atoms with van der Waals surface area (Å²) < 4.78 is 10.8. The number of phenolic OH excluding ortho intramolecular Hbond substituents is 4. The summed E-state index contributed by atoms with van der Waals surface area (Å²) in [5, 5.41) is 41.0. The molecule has 4 rings (SSSR count). The Hall–Kier alpha value is -4.46. The van der Waals surface area contributed by atoms with Gasteiger partial charge in [0.1, 0.15) is 22.5 Å². The van der Waals surface area contributed by atoms with Crippen LogP contribution in [0.2, 0.25) is 0 Å². The van der Waals surface area contributed by atoms with E-state index in [9.17, 15) is 30.0 Å². The molecule has 1 aromatic heterocycles. The fraction of sp³-hybridized carbons (Fsp3) is 0.120. The van der Waals surface area contributed by atoms with Gasteiger partial charge in [-0.1, -0.05) is 42.5 Å². The lowest BCUT2D eigenvalue weighted by atomic mass is 9.86. The molecule has 1 atom stereocenters. The molecule has 3 aromatic carbocycles. The van der Waals surface area contributed by atoms with Crippen molar-refractivity contribution < 1.29 is 34.4 Å². The van der Waals surface area contributed by atoms with Crippen molar-refractivity contribution in [3.63, 3.8) is 0 Å². The van der Waals surface area contributed by atoms with Crippen molar-refractivity contribution in [1.82, 2.24) is 0 Å². The maximum atomic E-state index is 13.0. The standard InChI is InChI=1S/C25H20O8/c1-32-19(28)11-16(13-7-9-15(26)10-8-13)20-22(29)24(31)23(30)21-17(27)12-18(33-25(20)21)14-5-3-2-4-6-14/h2-10,12,16,26,29-31H,11H2,1H3. The van der Waals surface area contributed by atoms with E-state index in [-0.39, 0.29) is 34.5 Å². The highest BCUT2D eigenvalue weighted by Gasteiger charge is 2.31. The third-order valence-electron chi connectivity index (χ3n) is 5.43. The molecule has 0 aliphatic heterocycles. The summed E-state index contributed by atoms with van der Waals surface area (Å²) in [6.07, 6.45) is -0.284. The lowest BCUT2D eigenvalue weighted by Crippen LogP contribution is -2.12. The smallest absolute Gasteiger partial charge is 0.306 e. The fourth-order valence-corrected chi connectivity index (χ4v) is 3.78. The van der Waals surface area contributed by atoms with Crippen molar-refractivity contribution >= 4 is 16.9 Å². The first-order chi connectivity index (χ1) is 15.8. The van der Waals surface area contributed by atoms with Gasteiger partial charge in [0.25, 0.3) is 0 Å². The predicted octanol–water partition coefficient (Wildman–Crippen LogP) is 3.98. The van der Waals surface area contributed by atoms with E-state index in [4.69, 9.17) is 9.15 Å². The van der Waals surface area contributed by atoms with Gasteiger partial charge in [-0.05, 0) is 17.7 Å². The van der Waals surface area contributed by atoms with Gasteiger partial charge < -0.3 is 29.6 Å². The first-order valence-electron chi connectivity index (χ1n) is 9.97. The molecular weight excluding hydrogens is 428 g/mol. The molecule has 0 aliphatic carbocycles. The second-order valence-corrected chi connectivity index (χ2v) is 7.43. The van der Waals surface area contributed by atoms with Crippen molar-refractivity contribution in [3.05, 3.63) is 82.0 Å². The highest BCUT2D eigenvalue weighted by atomic mass is 16.5. The molecule has 8 heteroatoms. The molecule has 0 fully saturated rings. The number of rotatable bonds is 5. The van der Waals surface area contributed by atoms with Gasteiger partial charge in [-0.3, -0.25) is 9.59 Å². The van der Waals surface area contributed by atoms with Gasteiger partial charge in [0.05, 0.1) is 13.5 Å². The number of aromatic hydroxyl groups is 4. The lowest BCUT2D eigenvalue weighted by molar-refractivity contribution is -0.140. The van der Waals surface area contributed by atoms with E-state index < -0.39 is 34.6 Å². The predicted molar refractivity (Wildman–Crippen MR) is 119 cm³/mol. The molecular formula is C25H20O8. The van der Waals surface area contributed by atoms with Crippen molar-refractivity contribution in [2.24, 2.45) is 0 Å². The Morgan fingerprint density at radius 1 is 0.939 bits per heavy atom. The SMILES string of the molecule is COC(=O)CC(c1ccc(O)cc1)c1c(O)c(O)c(O)c2c(=O)cc(-c3ccccc3)oc12. The monoisotopic (exact) mass is 448 g/mol. The molecule has 1 heterocycles. The topological polar surface area (TPSA) is 137 Å². The fourth-order valence-electron chi connectivity index (χ4n) is 3.78. The minimum atomic E-state index is -0.943. The molecule has 0 saturated carbocycles. The number of carbonyl (C=O) groups is 1. The molecule has 0 bridgehead atoms. The van der Waals surface area contributed by atoms with Gasteiger partial charge in [0, 0.05) is 23.1 Å².